The van der Waals surface area contributed by atoms with Crippen LogP contribution in [0.2, 0.25) is 0 Å². The summed E-state index contributed by atoms with van der Waals surface area (Å²) in [5.41, 5.74) is 0.455. The second-order valence-electron chi connectivity index (χ2n) is 4.48. The summed E-state index contributed by atoms with van der Waals surface area (Å²) in [6, 6.07) is 7.14. The maximum absolute atomic E-state index is 11.8. The van der Waals surface area contributed by atoms with Crippen LogP contribution in [0.15, 0.2) is 30.3 Å². The van der Waals surface area contributed by atoms with Crippen LogP contribution < -0.4 is 5.32 Å². The minimum Gasteiger partial charge on any atom is -0.481 e. The second kappa shape index (κ2) is 5.09. The molecule has 6 heteroatoms. The van der Waals surface area contributed by atoms with Crippen molar-refractivity contribution < 1.29 is 24.6 Å². The van der Waals surface area contributed by atoms with E-state index in [0.717, 1.165) is 0 Å². The lowest BCUT2D eigenvalue weighted by Gasteiger charge is -2.14. The van der Waals surface area contributed by atoms with Crippen LogP contribution in [0.5, 0.6) is 0 Å². The Morgan fingerprint density at radius 3 is 2.21 bits per heavy atom. The number of carbonyl (C=O) groups is 3. The van der Waals surface area contributed by atoms with Gasteiger partial charge in [0.15, 0.2) is 6.04 Å². The molecule has 1 aliphatic carbocycles. The standard InChI is InChI=1S/C13H13NO5/c15-11(8-6-9(8)12(16)17)14-10(13(18)19)7-4-2-1-3-5-7/h1-5,8-10H,6H2,(H,14,15)(H,16,17)(H,18,19). The summed E-state index contributed by atoms with van der Waals surface area (Å²) < 4.78 is 0. The van der Waals surface area contributed by atoms with Crippen molar-refractivity contribution in [3.63, 3.8) is 0 Å². The van der Waals surface area contributed by atoms with Gasteiger partial charge in [-0.2, -0.15) is 0 Å². The van der Waals surface area contributed by atoms with Crippen molar-refractivity contribution >= 4 is 17.8 Å². The Labute approximate surface area is 109 Å². The minimum atomic E-state index is -1.17. The highest BCUT2D eigenvalue weighted by molar-refractivity contribution is 5.92. The highest BCUT2D eigenvalue weighted by Crippen LogP contribution is 2.39. The molecule has 2 rings (SSSR count). The third-order valence-electron chi connectivity index (χ3n) is 3.11. The topological polar surface area (TPSA) is 104 Å². The van der Waals surface area contributed by atoms with Gasteiger partial charge in [0.05, 0.1) is 11.8 Å². The van der Waals surface area contributed by atoms with Crippen molar-refractivity contribution in [3.05, 3.63) is 35.9 Å². The monoisotopic (exact) mass is 263 g/mol. The van der Waals surface area contributed by atoms with E-state index in [4.69, 9.17) is 10.2 Å². The van der Waals surface area contributed by atoms with Gasteiger partial charge >= 0.3 is 11.9 Å². The van der Waals surface area contributed by atoms with Crippen LogP contribution in [0, 0.1) is 11.8 Å². The molecule has 6 nitrogen and oxygen atoms in total. The zero-order chi connectivity index (χ0) is 14.0. The number of carboxylic acid groups (broad SMARTS) is 2. The van der Waals surface area contributed by atoms with Crippen molar-refractivity contribution in [2.24, 2.45) is 11.8 Å². The van der Waals surface area contributed by atoms with E-state index >= 15 is 0 Å². The summed E-state index contributed by atoms with van der Waals surface area (Å²) in [6.45, 7) is 0. The molecular formula is C13H13NO5. The number of hydrogen-bond donors (Lipinski definition) is 3. The van der Waals surface area contributed by atoms with E-state index in [-0.39, 0.29) is 6.42 Å². The lowest BCUT2D eigenvalue weighted by molar-refractivity contribution is -0.142. The van der Waals surface area contributed by atoms with Crippen LogP contribution >= 0.6 is 0 Å². The summed E-state index contributed by atoms with van der Waals surface area (Å²) in [7, 11) is 0. The smallest absolute Gasteiger partial charge is 0.330 e. The average Bonchev–Trinajstić information content (AvgIpc) is 3.16. The van der Waals surface area contributed by atoms with Gasteiger partial charge in [-0.25, -0.2) is 4.79 Å². The molecule has 3 N–H and O–H groups in total. The summed E-state index contributed by atoms with van der Waals surface area (Å²) in [5.74, 6) is -4.03. The lowest BCUT2D eigenvalue weighted by Crippen LogP contribution is -2.35. The van der Waals surface area contributed by atoms with Crippen LogP contribution in [0.3, 0.4) is 0 Å². The van der Waals surface area contributed by atoms with Crippen molar-refractivity contribution in [2.75, 3.05) is 0 Å². The molecule has 1 saturated carbocycles. The highest BCUT2D eigenvalue weighted by Gasteiger charge is 2.49. The number of rotatable bonds is 5. The van der Waals surface area contributed by atoms with Gasteiger partial charge < -0.3 is 15.5 Å². The van der Waals surface area contributed by atoms with Crippen LogP contribution in [0.1, 0.15) is 18.0 Å². The SMILES string of the molecule is O=C(O)C(NC(=O)C1CC1C(=O)O)c1ccccc1. The first-order valence-electron chi connectivity index (χ1n) is 5.81. The first-order valence-corrected chi connectivity index (χ1v) is 5.81. The van der Waals surface area contributed by atoms with E-state index in [1.807, 2.05) is 0 Å². The molecule has 100 valence electrons. The number of carbonyl (C=O) groups excluding carboxylic acids is 1. The fraction of sp³-hybridized carbons (Fsp3) is 0.308. The largest absolute Gasteiger partial charge is 0.481 e. The molecule has 1 aliphatic rings. The van der Waals surface area contributed by atoms with Gasteiger partial charge in [0.1, 0.15) is 0 Å². The van der Waals surface area contributed by atoms with E-state index in [2.05, 4.69) is 5.32 Å². The summed E-state index contributed by atoms with van der Waals surface area (Å²) in [5, 5.41) is 20.2. The van der Waals surface area contributed by atoms with E-state index < -0.39 is 35.7 Å². The third-order valence-corrected chi connectivity index (χ3v) is 3.11. The Kier molecular flexibility index (Phi) is 3.50. The maximum atomic E-state index is 11.8. The molecule has 0 bridgehead atoms. The molecule has 19 heavy (non-hydrogen) atoms. The average molecular weight is 263 g/mol. The lowest BCUT2D eigenvalue weighted by atomic mass is 10.1. The number of hydrogen-bond acceptors (Lipinski definition) is 3. The maximum Gasteiger partial charge on any atom is 0.330 e. The van der Waals surface area contributed by atoms with Gasteiger partial charge in [0.25, 0.3) is 0 Å². The Hall–Kier alpha value is -2.37. The summed E-state index contributed by atoms with van der Waals surface area (Å²) >= 11 is 0. The minimum absolute atomic E-state index is 0.266. The molecule has 1 aromatic carbocycles. The van der Waals surface area contributed by atoms with Crippen LogP contribution in [-0.2, 0) is 14.4 Å². The Balaban J connectivity index is 2.05. The molecule has 1 amide bonds. The number of carboxylic acids is 2. The molecule has 3 unspecified atom stereocenters. The molecule has 0 heterocycles. The molecule has 0 aliphatic heterocycles. The van der Waals surface area contributed by atoms with E-state index in [1.165, 1.54) is 0 Å². The number of nitrogens with one attached hydrogen (secondary N) is 1. The Bertz CT molecular complexity index is 513. The van der Waals surface area contributed by atoms with Crippen LogP contribution in [0.25, 0.3) is 0 Å². The van der Waals surface area contributed by atoms with Crippen molar-refractivity contribution in [3.8, 4) is 0 Å². The van der Waals surface area contributed by atoms with Crippen molar-refractivity contribution in [1.29, 1.82) is 0 Å². The first kappa shape index (κ1) is 13.1. The van der Waals surface area contributed by atoms with Gasteiger partial charge in [0.2, 0.25) is 5.91 Å². The van der Waals surface area contributed by atoms with Crippen LogP contribution in [-0.4, -0.2) is 28.1 Å². The quantitative estimate of drug-likeness (QED) is 0.723. The molecule has 0 radical (unpaired) electrons. The molecule has 1 aromatic rings. The van der Waals surface area contributed by atoms with E-state index in [0.29, 0.717) is 5.56 Å². The molecule has 0 saturated heterocycles. The molecular weight excluding hydrogens is 250 g/mol. The fourth-order valence-electron chi connectivity index (χ4n) is 1.94. The van der Waals surface area contributed by atoms with E-state index in [1.54, 1.807) is 30.3 Å². The normalized spacial score (nSPS) is 22.3. The van der Waals surface area contributed by atoms with Crippen molar-refractivity contribution in [2.45, 2.75) is 12.5 Å². The molecule has 0 spiro atoms. The Morgan fingerprint density at radius 1 is 1.11 bits per heavy atom. The van der Waals surface area contributed by atoms with Crippen molar-refractivity contribution in [1.82, 2.24) is 5.32 Å². The number of aliphatic carboxylic acids is 2. The zero-order valence-corrected chi connectivity index (χ0v) is 9.95. The summed E-state index contributed by atoms with van der Waals surface area (Å²) in [6.07, 6.45) is 0.266. The predicted molar refractivity (Wildman–Crippen MR) is 64.2 cm³/mol. The number of amides is 1. The van der Waals surface area contributed by atoms with Gasteiger partial charge in [-0.1, -0.05) is 30.3 Å². The second-order valence-corrected chi connectivity index (χ2v) is 4.48. The number of benzene rings is 1. The zero-order valence-electron chi connectivity index (χ0n) is 9.95. The van der Waals surface area contributed by atoms with Gasteiger partial charge in [-0.3, -0.25) is 9.59 Å². The first-order chi connectivity index (χ1) is 9.00. The predicted octanol–water partition coefficient (Wildman–Crippen LogP) is 0.649. The van der Waals surface area contributed by atoms with Gasteiger partial charge in [0, 0.05) is 0 Å². The molecule has 3 atom stereocenters. The Morgan fingerprint density at radius 2 is 1.74 bits per heavy atom. The molecule has 0 aromatic heterocycles. The van der Waals surface area contributed by atoms with Crippen LogP contribution in [0.4, 0.5) is 0 Å². The highest BCUT2D eigenvalue weighted by atomic mass is 16.4. The van der Waals surface area contributed by atoms with Gasteiger partial charge in [-0.05, 0) is 12.0 Å². The third kappa shape index (κ3) is 2.90. The van der Waals surface area contributed by atoms with Gasteiger partial charge in [-0.15, -0.1) is 0 Å². The van der Waals surface area contributed by atoms with E-state index in [9.17, 15) is 14.4 Å². The summed E-state index contributed by atoms with van der Waals surface area (Å²) in [4.78, 5) is 33.6. The fourth-order valence-corrected chi connectivity index (χ4v) is 1.94. The molecule has 1 fully saturated rings.